The second-order valence-electron chi connectivity index (χ2n) is 6.09. The lowest BCUT2D eigenvalue weighted by molar-refractivity contribution is -0.124. The molecule has 116 valence electrons. The molecule has 2 aromatic rings. The summed E-state index contributed by atoms with van der Waals surface area (Å²) in [5.74, 6) is -0.161. The van der Waals surface area contributed by atoms with E-state index in [0.717, 1.165) is 0 Å². The zero-order valence-corrected chi connectivity index (χ0v) is 13.1. The fourth-order valence-electron chi connectivity index (χ4n) is 2.20. The summed E-state index contributed by atoms with van der Waals surface area (Å²) in [4.78, 5) is 24.6. The van der Waals surface area contributed by atoms with Crippen molar-refractivity contribution in [3.63, 3.8) is 0 Å². The van der Waals surface area contributed by atoms with Crippen molar-refractivity contribution in [3.05, 3.63) is 58.5 Å². The van der Waals surface area contributed by atoms with E-state index >= 15 is 0 Å². The number of carbonyl (C=O) groups is 1. The summed E-state index contributed by atoms with van der Waals surface area (Å²) in [5.41, 5.74) is 6.79. The number of aromatic nitrogens is 1. The molecule has 0 radical (unpaired) electrons. The molecule has 0 saturated carbocycles. The number of benzene rings is 1. The van der Waals surface area contributed by atoms with Crippen LogP contribution in [0, 0.1) is 12.3 Å². The monoisotopic (exact) mass is 299 g/mol. The Morgan fingerprint density at radius 2 is 2.00 bits per heavy atom. The molecule has 0 unspecified atom stereocenters. The van der Waals surface area contributed by atoms with Crippen LogP contribution in [0.2, 0.25) is 0 Å². The number of hydrogen-bond acceptors (Lipinski definition) is 3. The van der Waals surface area contributed by atoms with Gasteiger partial charge in [-0.2, -0.15) is 0 Å². The Morgan fingerprint density at radius 1 is 1.27 bits per heavy atom. The molecule has 0 fully saturated rings. The molecular weight excluding hydrogens is 278 g/mol. The van der Waals surface area contributed by atoms with Crippen LogP contribution in [0.3, 0.4) is 0 Å². The Kier molecular flexibility index (Phi) is 4.35. The molecule has 1 aromatic carbocycles. The van der Waals surface area contributed by atoms with Crippen LogP contribution in [-0.2, 0) is 11.3 Å². The van der Waals surface area contributed by atoms with Gasteiger partial charge in [0.1, 0.15) is 0 Å². The number of nitrogens with two attached hydrogens (primary N) is 1. The van der Waals surface area contributed by atoms with E-state index in [0.29, 0.717) is 23.5 Å². The number of amides is 1. The third-order valence-electron chi connectivity index (χ3n) is 3.54. The Morgan fingerprint density at radius 3 is 2.68 bits per heavy atom. The van der Waals surface area contributed by atoms with Crippen LogP contribution in [0.25, 0.3) is 0 Å². The van der Waals surface area contributed by atoms with E-state index in [1.807, 2.05) is 19.9 Å². The lowest BCUT2D eigenvalue weighted by atomic mass is 9.91. The van der Waals surface area contributed by atoms with Gasteiger partial charge in [-0.05, 0) is 45.0 Å². The van der Waals surface area contributed by atoms with Crippen molar-refractivity contribution >= 4 is 17.3 Å². The van der Waals surface area contributed by atoms with Gasteiger partial charge in [-0.15, -0.1) is 0 Å². The first kappa shape index (κ1) is 15.8. The van der Waals surface area contributed by atoms with Gasteiger partial charge in [0.05, 0.1) is 5.41 Å². The normalized spacial score (nSPS) is 11.2. The highest BCUT2D eigenvalue weighted by molar-refractivity contribution is 5.95. The summed E-state index contributed by atoms with van der Waals surface area (Å²) >= 11 is 0. The van der Waals surface area contributed by atoms with E-state index in [1.165, 1.54) is 0 Å². The van der Waals surface area contributed by atoms with Crippen molar-refractivity contribution in [1.29, 1.82) is 0 Å². The maximum Gasteiger partial charge on any atom is 0.253 e. The van der Waals surface area contributed by atoms with Crippen molar-refractivity contribution in [2.45, 2.75) is 27.3 Å². The number of carbonyl (C=O) groups excluding carboxylic acids is 1. The largest absolute Gasteiger partial charge is 0.399 e. The van der Waals surface area contributed by atoms with Crippen LogP contribution in [0.1, 0.15) is 19.4 Å². The highest BCUT2D eigenvalue weighted by atomic mass is 16.2. The molecule has 0 atom stereocenters. The van der Waals surface area contributed by atoms with Crippen molar-refractivity contribution in [1.82, 2.24) is 4.57 Å². The van der Waals surface area contributed by atoms with Crippen LogP contribution < -0.4 is 16.6 Å². The fourth-order valence-corrected chi connectivity index (χ4v) is 2.20. The van der Waals surface area contributed by atoms with Gasteiger partial charge in [0.2, 0.25) is 5.91 Å². The second kappa shape index (κ2) is 6.05. The second-order valence-corrected chi connectivity index (χ2v) is 6.09. The summed E-state index contributed by atoms with van der Waals surface area (Å²) < 4.78 is 1.56. The molecule has 0 aliphatic rings. The van der Waals surface area contributed by atoms with Crippen LogP contribution in [0.15, 0.2) is 47.4 Å². The van der Waals surface area contributed by atoms with Crippen molar-refractivity contribution < 1.29 is 4.79 Å². The standard InChI is InChI=1S/C17H21N3O2/c1-12-6-5-9-20(15(12)21)11-17(2,3)16(22)19-14-8-4-7-13(18)10-14/h4-10H,11,18H2,1-3H3,(H,19,22). The zero-order valence-electron chi connectivity index (χ0n) is 13.1. The summed E-state index contributed by atoms with van der Waals surface area (Å²) in [7, 11) is 0. The molecule has 1 heterocycles. The van der Waals surface area contributed by atoms with E-state index in [1.54, 1.807) is 48.0 Å². The average Bonchev–Trinajstić information content (AvgIpc) is 2.43. The van der Waals surface area contributed by atoms with E-state index in [-0.39, 0.29) is 11.5 Å². The van der Waals surface area contributed by atoms with Gasteiger partial charge in [-0.3, -0.25) is 9.59 Å². The van der Waals surface area contributed by atoms with Crippen molar-refractivity contribution in [3.8, 4) is 0 Å². The maximum atomic E-state index is 12.5. The first-order chi connectivity index (χ1) is 10.3. The first-order valence-electron chi connectivity index (χ1n) is 7.13. The number of aryl methyl sites for hydroxylation is 1. The van der Waals surface area contributed by atoms with Crippen LogP contribution in [0.5, 0.6) is 0 Å². The number of pyridine rings is 1. The Hall–Kier alpha value is -2.56. The van der Waals surface area contributed by atoms with Gasteiger partial charge in [0.25, 0.3) is 5.56 Å². The predicted octanol–water partition coefficient (Wildman–Crippen LogP) is 2.40. The molecule has 0 saturated heterocycles. The topological polar surface area (TPSA) is 77.1 Å². The molecule has 1 aromatic heterocycles. The summed E-state index contributed by atoms with van der Waals surface area (Å²) in [6, 6.07) is 10.6. The molecule has 3 N–H and O–H groups in total. The molecule has 2 rings (SSSR count). The van der Waals surface area contributed by atoms with Gasteiger partial charge in [-0.1, -0.05) is 12.1 Å². The maximum absolute atomic E-state index is 12.5. The first-order valence-corrected chi connectivity index (χ1v) is 7.13. The highest BCUT2D eigenvalue weighted by Crippen LogP contribution is 2.21. The minimum Gasteiger partial charge on any atom is -0.399 e. The summed E-state index contributed by atoms with van der Waals surface area (Å²) in [6.45, 7) is 5.69. The lowest BCUT2D eigenvalue weighted by Gasteiger charge is -2.24. The molecule has 0 aliphatic heterocycles. The van der Waals surface area contributed by atoms with Crippen LogP contribution in [-0.4, -0.2) is 10.5 Å². The minimum atomic E-state index is -0.734. The van der Waals surface area contributed by atoms with Crippen molar-refractivity contribution in [2.24, 2.45) is 5.41 Å². The highest BCUT2D eigenvalue weighted by Gasteiger charge is 2.28. The molecule has 22 heavy (non-hydrogen) atoms. The fraction of sp³-hybridized carbons (Fsp3) is 0.294. The molecule has 1 amide bonds. The lowest BCUT2D eigenvalue weighted by Crippen LogP contribution is -2.38. The third kappa shape index (κ3) is 3.55. The van der Waals surface area contributed by atoms with Gasteiger partial charge in [0, 0.05) is 29.7 Å². The number of nitrogen functional groups attached to an aromatic ring is 1. The van der Waals surface area contributed by atoms with E-state index in [9.17, 15) is 9.59 Å². The molecule has 0 aliphatic carbocycles. The Balaban J connectivity index is 2.17. The number of hydrogen-bond donors (Lipinski definition) is 2. The SMILES string of the molecule is Cc1cccn(CC(C)(C)C(=O)Nc2cccc(N)c2)c1=O. The van der Waals surface area contributed by atoms with Gasteiger partial charge < -0.3 is 15.6 Å². The summed E-state index contributed by atoms with van der Waals surface area (Å²) in [6.07, 6.45) is 1.70. The van der Waals surface area contributed by atoms with Gasteiger partial charge in [-0.25, -0.2) is 0 Å². The van der Waals surface area contributed by atoms with E-state index < -0.39 is 5.41 Å². The number of anilines is 2. The number of nitrogens with zero attached hydrogens (tertiary/aromatic N) is 1. The Bertz CT molecular complexity index is 748. The van der Waals surface area contributed by atoms with Crippen LogP contribution >= 0.6 is 0 Å². The molecular formula is C17H21N3O2. The van der Waals surface area contributed by atoms with Crippen molar-refractivity contribution in [2.75, 3.05) is 11.1 Å². The minimum absolute atomic E-state index is 0.0765. The van der Waals surface area contributed by atoms with E-state index in [2.05, 4.69) is 5.32 Å². The smallest absolute Gasteiger partial charge is 0.253 e. The third-order valence-corrected chi connectivity index (χ3v) is 3.54. The number of rotatable bonds is 4. The molecule has 5 heteroatoms. The van der Waals surface area contributed by atoms with Crippen LogP contribution in [0.4, 0.5) is 11.4 Å². The average molecular weight is 299 g/mol. The quantitative estimate of drug-likeness (QED) is 0.851. The van der Waals surface area contributed by atoms with E-state index in [4.69, 9.17) is 5.73 Å². The predicted molar refractivity (Wildman–Crippen MR) is 88.7 cm³/mol. The van der Waals surface area contributed by atoms with Gasteiger partial charge >= 0.3 is 0 Å². The Labute approximate surface area is 129 Å². The molecule has 0 spiro atoms. The molecule has 0 bridgehead atoms. The zero-order chi connectivity index (χ0) is 16.3. The van der Waals surface area contributed by atoms with Gasteiger partial charge in [0.15, 0.2) is 0 Å². The number of nitrogens with one attached hydrogen (secondary N) is 1. The summed E-state index contributed by atoms with van der Waals surface area (Å²) in [5, 5.41) is 2.84. The molecule has 5 nitrogen and oxygen atoms in total.